The lowest BCUT2D eigenvalue weighted by Crippen LogP contribution is -2.24. The summed E-state index contributed by atoms with van der Waals surface area (Å²) in [5.74, 6) is -0.00983. The molecule has 0 aliphatic heterocycles. The SMILES string of the molecule is CC(=O)Oc1ccc(NCCCC(=O)OC(C)(C)C)cc1. The number of anilines is 1. The average molecular weight is 293 g/mol. The van der Waals surface area contributed by atoms with Crippen molar-refractivity contribution in [2.75, 3.05) is 11.9 Å². The van der Waals surface area contributed by atoms with E-state index in [-0.39, 0.29) is 11.9 Å². The summed E-state index contributed by atoms with van der Waals surface area (Å²) in [7, 11) is 0. The van der Waals surface area contributed by atoms with E-state index in [1.54, 1.807) is 12.1 Å². The van der Waals surface area contributed by atoms with E-state index in [4.69, 9.17) is 9.47 Å². The van der Waals surface area contributed by atoms with Crippen LogP contribution in [0.3, 0.4) is 0 Å². The van der Waals surface area contributed by atoms with Gasteiger partial charge in [0.1, 0.15) is 11.4 Å². The molecule has 0 bridgehead atoms. The van der Waals surface area contributed by atoms with Crippen molar-refractivity contribution >= 4 is 17.6 Å². The first-order valence-electron chi connectivity index (χ1n) is 7.00. The van der Waals surface area contributed by atoms with Crippen LogP contribution in [0.15, 0.2) is 24.3 Å². The predicted molar refractivity (Wildman–Crippen MR) is 81.3 cm³/mol. The fourth-order valence-electron chi connectivity index (χ4n) is 1.66. The van der Waals surface area contributed by atoms with Gasteiger partial charge < -0.3 is 14.8 Å². The summed E-state index contributed by atoms with van der Waals surface area (Å²) in [5, 5.41) is 3.20. The first-order valence-corrected chi connectivity index (χ1v) is 7.00. The number of hydrogen-bond donors (Lipinski definition) is 1. The molecule has 0 fully saturated rings. The topological polar surface area (TPSA) is 64.6 Å². The maximum absolute atomic E-state index is 11.5. The van der Waals surface area contributed by atoms with Crippen molar-refractivity contribution in [3.8, 4) is 5.75 Å². The van der Waals surface area contributed by atoms with Gasteiger partial charge in [-0.25, -0.2) is 0 Å². The van der Waals surface area contributed by atoms with Crippen molar-refractivity contribution < 1.29 is 19.1 Å². The van der Waals surface area contributed by atoms with E-state index in [2.05, 4.69) is 5.32 Å². The Labute approximate surface area is 125 Å². The third kappa shape index (κ3) is 7.97. The summed E-state index contributed by atoms with van der Waals surface area (Å²) in [6.45, 7) is 7.60. The summed E-state index contributed by atoms with van der Waals surface area (Å²) in [5.41, 5.74) is 0.479. The van der Waals surface area contributed by atoms with Gasteiger partial charge in [0.2, 0.25) is 0 Å². The number of esters is 2. The Morgan fingerprint density at radius 2 is 1.76 bits per heavy atom. The van der Waals surface area contributed by atoms with E-state index < -0.39 is 5.60 Å². The van der Waals surface area contributed by atoms with Crippen molar-refractivity contribution in [2.24, 2.45) is 0 Å². The molecule has 0 saturated heterocycles. The van der Waals surface area contributed by atoms with Crippen LogP contribution in [0, 0.1) is 0 Å². The summed E-state index contributed by atoms with van der Waals surface area (Å²) in [4.78, 5) is 22.3. The van der Waals surface area contributed by atoms with Gasteiger partial charge in [-0.1, -0.05) is 0 Å². The molecule has 0 amide bonds. The van der Waals surface area contributed by atoms with Gasteiger partial charge in [0.15, 0.2) is 0 Å². The first kappa shape index (κ1) is 17.0. The van der Waals surface area contributed by atoms with Crippen LogP contribution >= 0.6 is 0 Å². The minimum atomic E-state index is -0.433. The molecule has 1 aromatic rings. The van der Waals surface area contributed by atoms with Crippen molar-refractivity contribution in [3.05, 3.63) is 24.3 Å². The second-order valence-corrected chi connectivity index (χ2v) is 5.73. The first-order chi connectivity index (χ1) is 9.76. The largest absolute Gasteiger partial charge is 0.460 e. The lowest BCUT2D eigenvalue weighted by Gasteiger charge is -2.19. The van der Waals surface area contributed by atoms with Crippen LogP contribution in [0.4, 0.5) is 5.69 Å². The summed E-state index contributed by atoms with van der Waals surface area (Å²) in [6.07, 6.45) is 1.08. The van der Waals surface area contributed by atoms with Crippen molar-refractivity contribution in [2.45, 2.75) is 46.1 Å². The third-order valence-electron chi connectivity index (χ3n) is 2.42. The Balaban J connectivity index is 2.27. The number of hydrogen-bond acceptors (Lipinski definition) is 5. The number of carbonyl (C=O) groups excluding carboxylic acids is 2. The molecule has 5 heteroatoms. The number of ether oxygens (including phenoxy) is 2. The molecule has 0 aliphatic carbocycles. The minimum absolute atomic E-state index is 0.186. The number of nitrogens with one attached hydrogen (secondary N) is 1. The third-order valence-corrected chi connectivity index (χ3v) is 2.42. The molecule has 0 saturated carbocycles. The normalized spacial score (nSPS) is 10.9. The van der Waals surface area contributed by atoms with Gasteiger partial charge in [-0.3, -0.25) is 9.59 Å². The van der Waals surface area contributed by atoms with Crippen LogP contribution < -0.4 is 10.1 Å². The molecule has 5 nitrogen and oxygen atoms in total. The zero-order chi connectivity index (χ0) is 15.9. The highest BCUT2D eigenvalue weighted by molar-refractivity contribution is 5.70. The van der Waals surface area contributed by atoms with E-state index in [1.165, 1.54) is 6.92 Å². The molecule has 0 unspecified atom stereocenters. The standard InChI is InChI=1S/C16H23NO4/c1-12(18)20-14-9-7-13(8-10-14)17-11-5-6-15(19)21-16(2,3)4/h7-10,17H,5-6,11H2,1-4H3. The highest BCUT2D eigenvalue weighted by Gasteiger charge is 2.15. The van der Waals surface area contributed by atoms with Gasteiger partial charge in [0.05, 0.1) is 0 Å². The Morgan fingerprint density at radius 3 is 2.29 bits per heavy atom. The van der Waals surface area contributed by atoms with Crippen LogP contribution in [0.1, 0.15) is 40.5 Å². The van der Waals surface area contributed by atoms with Gasteiger partial charge in [0, 0.05) is 25.6 Å². The molecule has 0 aliphatic rings. The molecule has 0 spiro atoms. The maximum Gasteiger partial charge on any atom is 0.308 e. The Kier molecular flexibility index (Phi) is 6.21. The molecule has 0 atom stereocenters. The van der Waals surface area contributed by atoms with E-state index in [1.807, 2.05) is 32.9 Å². The lowest BCUT2D eigenvalue weighted by molar-refractivity contribution is -0.154. The average Bonchev–Trinajstić information content (AvgIpc) is 2.34. The van der Waals surface area contributed by atoms with Crippen LogP contribution in [0.25, 0.3) is 0 Å². The quantitative estimate of drug-likeness (QED) is 0.496. The summed E-state index contributed by atoms with van der Waals surface area (Å²) in [6, 6.07) is 7.09. The Morgan fingerprint density at radius 1 is 1.14 bits per heavy atom. The minimum Gasteiger partial charge on any atom is -0.460 e. The number of rotatable bonds is 6. The predicted octanol–water partition coefficient (Wildman–Crippen LogP) is 3.15. The molecule has 21 heavy (non-hydrogen) atoms. The van der Waals surface area contributed by atoms with Gasteiger partial charge >= 0.3 is 11.9 Å². The molecule has 0 aromatic heterocycles. The highest BCUT2D eigenvalue weighted by Crippen LogP contribution is 2.16. The van der Waals surface area contributed by atoms with Crippen LogP contribution in [0.5, 0.6) is 5.75 Å². The number of benzene rings is 1. The number of carbonyl (C=O) groups is 2. The summed E-state index contributed by atoms with van der Waals surface area (Å²) >= 11 is 0. The second kappa shape index (κ2) is 7.67. The van der Waals surface area contributed by atoms with E-state index in [0.29, 0.717) is 25.1 Å². The summed E-state index contributed by atoms with van der Waals surface area (Å²) < 4.78 is 10.2. The molecule has 0 radical (unpaired) electrons. The van der Waals surface area contributed by atoms with Crippen molar-refractivity contribution in [1.29, 1.82) is 0 Å². The van der Waals surface area contributed by atoms with Crippen LogP contribution in [-0.4, -0.2) is 24.1 Å². The zero-order valence-electron chi connectivity index (χ0n) is 13.1. The molecule has 1 N–H and O–H groups in total. The van der Waals surface area contributed by atoms with Crippen LogP contribution in [-0.2, 0) is 14.3 Å². The highest BCUT2D eigenvalue weighted by atomic mass is 16.6. The van der Waals surface area contributed by atoms with Crippen molar-refractivity contribution in [3.63, 3.8) is 0 Å². The fraction of sp³-hybridized carbons (Fsp3) is 0.500. The molecule has 116 valence electrons. The smallest absolute Gasteiger partial charge is 0.308 e. The van der Waals surface area contributed by atoms with Gasteiger partial charge in [-0.05, 0) is 51.5 Å². The van der Waals surface area contributed by atoms with E-state index in [0.717, 1.165) is 5.69 Å². The Bertz CT molecular complexity index is 474. The molecule has 1 rings (SSSR count). The maximum atomic E-state index is 11.5. The molecule has 0 heterocycles. The van der Waals surface area contributed by atoms with Crippen LogP contribution in [0.2, 0.25) is 0 Å². The molecular formula is C16H23NO4. The van der Waals surface area contributed by atoms with Gasteiger partial charge in [-0.2, -0.15) is 0 Å². The van der Waals surface area contributed by atoms with Gasteiger partial charge in [0.25, 0.3) is 0 Å². The van der Waals surface area contributed by atoms with E-state index >= 15 is 0 Å². The molecule has 1 aromatic carbocycles. The second-order valence-electron chi connectivity index (χ2n) is 5.73. The monoisotopic (exact) mass is 293 g/mol. The van der Waals surface area contributed by atoms with Gasteiger partial charge in [-0.15, -0.1) is 0 Å². The lowest BCUT2D eigenvalue weighted by atomic mass is 10.2. The zero-order valence-corrected chi connectivity index (χ0v) is 13.1. The fourth-order valence-corrected chi connectivity index (χ4v) is 1.66. The Hall–Kier alpha value is -2.04. The van der Waals surface area contributed by atoms with Crippen molar-refractivity contribution in [1.82, 2.24) is 0 Å². The van der Waals surface area contributed by atoms with E-state index in [9.17, 15) is 9.59 Å². The molecular weight excluding hydrogens is 270 g/mol.